The molecule has 4 aromatic rings. The Kier molecular flexibility index (Phi) is 3.86. The first kappa shape index (κ1) is 15.3. The summed E-state index contributed by atoms with van der Waals surface area (Å²) in [7, 11) is 0. The summed E-state index contributed by atoms with van der Waals surface area (Å²) in [6.07, 6.45) is 3.47. The highest BCUT2D eigenvalue weighted by atomic mass is 16.5. The molecule has 0 spiro atoms. The second kappa shape index (κ2) is 6.32. The van der Waals surface area contributed by atoms with Crippen molar-refractivity contribution in [3.8, 4) is 23.0 Å². The van der Waals surface area contributed by atoms with Gasteiger partial charge in [0.15, 0.2) is 5.82 Å². The van der Waals surface area contributed by atoms with Gasteiger partial charge in [0.05, 0.1) is 10.9 Å². The summed E-state index contributed by atoms with van der Waals surface area (Å²) in [5.74, 6) is 1.96. The fourth-order valence-corrected chi connectivity index (χ4v) is 2.86. The van der Waals surface area contributed by atoms with Gasteiger partial charge in [0.1, 0.15) is 5.75 Å². The van der Waals surface area contributed by atoms with Crippen molar-refractivity contribution in [1.82, 2.24) is 15.0 Å². The van der Waals surface area contributed by atoms with Gasteiger partial charge in [-0.15, -0.1) is 0 Å². The minimum Gasteiger partial charge on any atom is -0.438 e. The second-order valence-electron chi connectivity index (χ2n) is 6.03. The van der Waals surface area contributed by atoms with Crippen LogP contribution in [-0.2, 0) is 0 Å². The average molecular weight is 327 g/mol. The van der Waals surface area contributed by atoms with E-state index in [-0.39, 0.29) is 0 Å². The smallest absolute Gasteiger partial charge is 0.230 e. The Hall–Kier alpha value is -3.27. The molecule has 0 aliphatic heterocycles. The van der Waals surface area contributed by atoms with Crippen LogP contribution in [0.15, 0.2) is 67.0 Å². The number of rotatable bonds is 3. The van der Waals surface area contributed by atoms with Gasteiger partial charge in [-0.25, -0.2) is 4.98 Å². The van der Waals surface area contributed by atoms with E-state index >= 15 is 0 Å². The van der Waals surface area contributed by atoms with E-state index in [1.165, 1.54) is 0 Å². The molecule has 0 saturated heterocycles. The summed E-state index contributed by atoms with van der Waals surface area (Å²) in [6, 6.07) is 17.8. The van der Waals surface area contributed by atoms with Crippen LogP contribution in [0.2, 0.25) is 0 Å². The van der Waals surface area contributed by atoms with E-state index in [1.807, 2.05) is 48.5 Å². The lowest BCUT2D eigenvalue weighted by atomic mass is 10.1. The van der Waals surface area contributed by atoms with E-state index in [9.17, 15) is 0 Å². The van der Waals surface area contributed by atoms with Crippen LogP contribution < -0.4 is 4.74 Å². The van der Waals surface area contributed by atoms with Gasteiger partial charge in [0.2, 0.25) is 5.88 Å². The maximum atomic E-state index is 6.15. The topological polar surface area (TPSA) is 47.9 Å². The lowest BCUT2D eigenvalue weighted by Crippen LogP contribution is -1.96. The molecule has 0 bridgehead atoms. The number of aryl methyl sites for hydroxylation is 2. The van der Waals surface area contributed by atoms with Crippen molar-refractivity contribution in [1.29, 1.82) is 0 Å². The molecule has 2 heterocycles. The predicted octanol–water partition coefficient (Wildman–Crippen LogP) is 5.10. The molecule has 2 aromatic carbocycles. The predicted molar refractivity (Wildman–Crippen MR) is 98.8 cm³/mol. The fourth-order valence-electron chi connectivity index (χ4n) is 2.86. The van der Waals surface area contributed by atoms with E-state index in [4.69, 9.17) is 4.74 Å². The summed E-state index contributed by atoms with van der Waals surface area (Å²) >= 11 is 0. The number of hydrogen-bond donors (Lipinski definition) is 0. The third-order valence-electron chi connectivity index (χ3n) is 3.92. The Balaban J connectivity index is 1.86. The molecule has 4 nitrogen and oxygen atoms in total. The molecule has 0 aliphatic rings. The third kappa shape index (κ3) is 3.19. The first-order valence-electron chi connectivity index (χ1n) is 8.12. The third-order valence-corrected chi connectivity index (χ3v) is 3.92. The van der Waals surface area contributed by atoms with Gasteiger partial charge in [0, 0.05) is 18.0 Å². The summed E-state index contributed by atoms with van der Waals surface area (Å²) < 4.78 is 6.15. The summed E-state index contributed by atoms with van der Waals surface area (Å²) in [4.78, 5) is 13.4. The zero-order valence-electron chi connectivity index (χ0n) is 14.1. The molecule has 0 radical (unpaired) electrons. The van der Waals surface area contributed by atoms with Crippen molar-refractivity contribution in [2.75, 3.05) is 0 Å². The Morgan fingerprint density at radius 3 is 2.28 bits per heavy atom. The molecule has 0 atom stereocenters. The van der Waals surface area contributed by atoms with E-state index in [2.05, 4.69) is 34.9 Å². The normalized spacial score (nSPS) is 10.8. The molecular weight excluding hydrogens is 310 g/mol. The lowest BCUT2D eigenvalue weighted by molar-refractivity contribution is 0.468. The Morgan fingerprint density at radius 2 is 1.52 bits per heavy atom. The molecule has 0 aliphatic carbocycles. The zero-order valence-corrected chi connectivity index (χ0v) is 14.1. The van der Waals surface area contributed by atoms with Crippen molar-refractivity contribution >= 4 is 10.9 Å². The lowest BCUT2D eigenvalue weighted by Gasteiger charge is -2.11. The second-order valence-corrected chi connectivity index (χ2v) is 6.03. The number of para-hydroxylation sites is 1. The SMILES string of the molecule is Cc1cc(C)cc(Oc2nc(-c3ccncc3)nc3ccccc23)c1. The van der Waals surface area contributed by atoms with Gasteiger partial charge in [0.25, 0.3) is 0 Å². The van der Waals surface area contributed by atoms with Gasteiger partial charge >= 0.3 is 0 Å². The van der Waals surface area contributed by atoms with Gasteiger partial charge in [-0.3, -0.25) is 4.98 Å². The monoisotopic (exact) mass is 327 g/mol. The van der Waals surface area contributed by atoms with Gasteiger partial charge in [-0.2, -0.15) is 4.98 Å². The minimum absolute atomic E-state index is 0.558. The molecule has 2 aromatic heterocycles. The highest BCUT2D eigenvalue weighted by Crippen LogP contribution is 2.30. The molecule has 4 heteroatoms. The largest absolute Gasteiger partial charge is 0.438 e. The number of ether oxygens (including phenoxy) is 1. The average Bonchev–Trinajstić information content (AvgIpc) is 2.61. The van der Waals surface area contributed by atoms with Crippen LogP contribution in [0.3, 0.4) is 0 Å². The molecule has 0 saturated carbocycles. The van der Waals surface area contributed by atoms with Crippen molar-refractivity contribution in [3.63, 3.8) is 0 Å². The van der Waals surface area contributed by atoms with Crippen molar-refractivity contribution in [2.24, 2.45) is 0 Å². The van der Waals surface area contributed by atoms with Gasteiger partial charge in [-0.1, -0.05) is 18.2 Å². The van der Waals surface area contributed by atoms with Crippen LogP contribution in [0, 0.1) is 13.8 Å². The highest BCUT2D eigenvalue weighted by Gasteiger charge is 2.11. The van der Waals surface area contributed by atoms with Crippen LogP contribution >= 0.6 is 0 Å². The maximum Gasteiger partial charge on any atom is 0.230 e. The molecule has 0 unspecified atom stereocenters. The zero-order chi connectivity index (χ0) is 17.2. The summed E-state index contributed by atoms with van der Waals surface area (Å²) in [5, 5.41) is 0.888. The highest BCUT2D eigenvalue weighted by molar-refractivity contribution is 5.85. The standard InChI is InChI=1S/C21H17N3O/c1-14-11-15(2)13-17(12-14)25-21-18-5-3-4-6-19(18)23-20(24-21)16-7-9-22-10-8-16/h3-13H,1-2H3. The number of pyridine rings is 1. The first-order valence-corrected chi connectivity index (χ1v) is 8.12. The van der Waals surface area contributed by atoms with Crippen molar-refractivity contribution in [2.45, 2.75) is 13.8 Å². The summed E-state index contributed by atoms with van der Waals surface area (Å²) in [5.41, 5.74) is 4.07. The van der Waals surface area contributed by atoms with Gasteiger partial charge < -0.3 is 4.74 Å². The Bertz CT molecular complexity index is 1030. The first-order chi connectivity index (χ1) is 12.2. The summed E-state index contributed by atoms with van der Waals surface area (Å²) in [6.45, 7) is 4.11. The molecule has 0 fully saturated rings. The van der Waals surface area contributed by atoms with Crippen LogP contribution in [-0.4, -0.2) is 15.0 Å². The number of aromatic nitrogens is 3. The number of hydrogen-bond acceptors (Lipinski definition) is 4. The van der Waals surface area contributed by atoms with Crippen LogP contribution in [0.25, 0.3) is 22.3 Å². The van der Waals surface area contributed by atoms with Crippen LogP contribution in [0.4, 0.5) is 0 Å². The maximum absolute atomic E-state index is 6.15. The number of nitrogens with zero attached hydrogens (tertiary/aromatic N) is 3. The van der Waals surface area contributed by atoms with E-state index < -0.39 is 0 Å². The fraction of sp³-hybridized carbons (Fsp3) is 0.0952. The van der Waals surface area contributed by atoms with Crippen LogP contribution in [0.1, 0.15) is 11.1 Å². The Labute approximate surface area is 146 Å². The van der Waals surface area contributed by atoms with Crippen molar-refractivity contribution in [3.05, 3.63) is 78.1 Å². The van der Waals surface area contributed by atoms with Crippen LogP contribution in [0.5, 0.6) is 11.6 Å². The molecule has 122 valence electrons. The van der Waals surface area contributed by atoms with Gasteiger partial charge in [-0.05, 0) is 61.4 Å². The molecule has 25 heavy (non-hydrogen) atoms. The molecule has 4 rings (SSSR count). The number of benzene rings is 2. The molecule has 0 amide bonds. The van der Waals surface area contributed by atoms with E-state index in [0.717, 1.165) is 33.3 Å². The van der Waals surface area contributed by atoms with E-state index in [0.29, 0.717) is 11.7 Å². The molecule has 0 N–H and O–H groups in total. The number of fused-ring (bicyclic) bond motifs is 1. The minimum atomic E-state index is 0.558. The van der Waals surface area contributed by atoms with E-state index in [1.54, 1.807) is 12.4 Å². The Morgan fingerprint density at radius 1 is 0.800 bits per heavy atom. The molecular formula is C21H17N3O. The quantitative estimate of drug-likeness (QED) is 0.525. The van der Waals surface area contributed by atoms with Crippen molar-refractivity contribution < 1.29 is 4.74 Å².